The summed E-state index contributed by atoms with van der Waals surface area (Å²) in [5, 5.41) is 7.38. The third-order valence-corrected chi connectivity index (χ3v) is 11.8. The molecule has 244 valence electrons. The Morgan fingerprint density at radius 2 is 0.981 bits per heavy atom. The molecule has 0 spiro atoms. The molecule has 5 heterocycles. The fraction of sp³-hybridized carbons (Fsp3) is 0. The molecule has 5 heteroatoms. The first-order chi connectivity index (χ1) is 26.3. The van der Waals surface area contributed by atoms with Gasteiger partial charge in [0.2, 0.25) is 0 Å². The lowest BCUT2D eigenvalue weighted by atomic mass is 9.33. The highest BCUT2D eigenvalue weighted by Gasteiger charge is 2.43. The first kappa shape index (κ1) is 27.7. The lowest BCUT2D eigenvalue weighted by molar-refractivity contribution is 0.669. The Bertz CT molecular complexity index is 3320. The second-order valence-electron chi connectivity index (χ2n) is 14.4. The quantitative estimate of drug-likeness (QED) is 0.175. The Balaban J connectivity index is 1.29. The van der Waals surface area contributed by atoms with Crippen molar-refractivity contribution in [3.05, 3.63) is 170 Å². The number of hydrogen-bond acceptors (Lipinski definition) is 2. The summed E-state index contributed by atoms with van der Waals surface area (Å²) in [7, 11) is 0. The number of hydrogen-bond donors (Lipinski definition) is 0. The van der Waals surface area contributed by atoms with Crippen molar-refractivity contribution in [3.63, 3.8) is 0 Å². The van der Waals surface area contributed by atoms with Gasteiger partial charge in [0.1, 0.15) is 11.2 Å². The molecule has 0 fully saturated rings. The third-order valence-electron chi connectivity index (χ3n) is 11.8. The second kappa shape index (κ2) is 9.87. The van der Waals surface area contributed by atoms with E-state index in [2.05, 4.69) is 184 Å². The van der Waals surface area contributed by atoms with Crippen molar-refractivity contribution in [2.24, 2.45) is 0 Å². The van der Waals surface area contributed by atoms with E-state index in [1.807, 2.05) is 0 Å². The van der Waals surface area contributed by atoms with E-state index < -0.39 is 0 Å². The summed E-state index contributed by atoms with van der Waals surface area (Å²) < 4.78 is 11.8. The molecule has 0 radical (unpaired) electrons. The number of furan rings is 1. The van der Waals surface area contributed by atoms with Crippen molar-refractivity contribution < 1.29 is 4.42 Å². The van der Waals surface area contributed by atoms with Crippen LogP contribution in [0.4, 0.5) is 17.1 Å². The highest BCUT2D eigenvalue weighted by Crippen LogP contribution is 2.45. The summed E-state index contributed by atoms with van der Waals surface area (Å²) >= 11 is 0. The van der Waals surface area contributed by atoms with Gasteiger partial charge in [-0.3, -0.25) is 0 Å². The molecule has 0 unspecified atom stereocenters. The van der Waals surface area contributed by atoms with E-state index in [1.54, 1.807) is 0 Å². The molecule has 0 atom stereocenters. The van der Waals surface area contributed by atoms with Crippen LogP contribution in [0.25, 0.3) is 76.9 Å². The highest BCUT2D eigenvalue weighted by atomic mass is 16.3. The van der Waals surface area contributed by atoms with Crippen LogP contribution >= 0.6 is 0 Å². The predicted octanol–water partition coefficient (Wildman–Crippen LogP) is 10.4. The monoisotopic (exact) mass is 673 g/mol. The molecule has 0 bridgehead atoms. The molecule has 4 nitrogen and oxygen atoms in total. The van der Waals surface area contributed by atoms with Crippen LogP contribution in [0, 0.1) is 0 Å². The van der Waals surface area contributed by atoms with Gasteiger partial charge in [-0.05, 0) is 77.1 Å². The van der Waals surface area contributed by atoms with Crippen LogP contribution in [0.3, 0.4) is 0 Å². The first-order valence-corrected chi connectivity index (χ1v) is 18.3. The minimum absolute atomic E-state index is 0.0134. The van der Waals surface area contributed by atoms with Gasteiger partial charge in [0.05, 0.1) is 22.2 Å². The first-order valence-electron chi connectivity index (χ1n) is 18.3. The molecule has 3 aromatic heterocycles. The lowest BCUT2D eigenvalue weighted by Gasteiger charge is -2.36. The summed E-state index contributed by atoms with van der Waals surface area (Å²) in [4.78, 5) is 2.40. The van der Waals surface area contributed by atoms with Gasteiger partial charge in [0.25, 0.3) is 6.71 Å². The van der Waals surface area contributed by atoms with Gasteiger partial charge in [0.15, 0.2) is 0 Å². The molecule has 0 saturated carbocycles. The average Bonchev–Trinajstić information content (AvgIpc) is 3.87. The summed E-state index contributed by atoms with van der Waals surface area (Å²) in [5.74, 6) is 0. The molecular formula is C48H28BN3O. The Morgan fingerprint density at radius 1 is 0.415 bits per heavy atom. The Labute approximate surface area is 304 Å². The molecule has 0 saturated heterocycles. The zero-order chi connectivity index (χ0) is 34.4. The normalized spacial score (nSPS) is 12.9. The van der Waals surface area contributed by atoms with Gasteiger partial charge in [-0.25, -0.2) is 0 Å². The lowest BCUT2D eigenvalue weighted by Crippen LogP contribution is -2.59. The number of rotatable bonds is 3. The van der Waals surface area contributed by atoms with Crippen LogP contribution in [0.1, 0.15) is 0 Å². The van der Waals surface area contributed by atoms with Gasteiger partial charge in [-0.1, -0.05) is 109 Å². The van der Waals surface area contributed by atoms with Crippen molar-refractivity contribution in [2.75, 3.05) is 4.90 Å². The number of nitrogens with zero attached hydrogens (tertiary/aromatic N) is 3. The summed E-state index contributed by atoms with van der Waals surface area (Å²) in [6, 6.07) is 62.0. The SMILES string of the molecule is c1ccc(N(c2ccccc2)c2cc3c4c(c2)-n2c5ccccc5c5cc6oc7ccccc7c6c(c52)B4c2cccc4c5ccccc5n-3c24)cc1. The Kier molecular flexibility index (Phi) is 5.16. The van der Waals surface area contributed by atoms with Crippen LogP contribution < -0.4 is 21.3 Å². The molecule has 0 aliphatic carbocycles. The van der Waals surface area contributed by atoms with E-state index in [0.29, 0.717) is 0 Å². The van der Waals surface area contributed by atoms with Crippen LogP contribution in [0.2, 0.25) is 0 Å². The van der Waals surface area contributed by atoms with E-state index >= 15 is 0 Å². The van der Waals surface area contributed by atoms with Crippen LogP contribution in [0.15, 0.2) is 174 Å². The van der Waals surface area contributed by atoms with Gasteiger partial charge < -0.3 is 18.5 Å². The largest absolute Gasteiger partial charge is 0.456 e. The van der Waals surface area contributed by atoms with E-state index in [9.17, 15) is 0 Å². The molecule has 0 amide bonds. The molecule has 2 aliphatic heterocycles. The zero-order valence-electron chi connectivity index (χ0n) is 28.5. The third kappa shape index (κ3) is 3.42. The molecule has 53 heavy (non-hydrogen) atoms. The molecule has 13 rings (SSSR count). The van der Waals surface area contributed by atoms with Crippen LogP contribution in [-0.2, 0) is 0 Å². The maximum Gasteiger partial charge on any atom is 0.253 e. The summed E-state index contributed by atoms with van der Waals surface area (Å²) in [6.07, 6.45) is 0. The van der Waals surface area contributed by atoms with Crippen LogP contribution in [-0.4, -0.2) is 15.8 Å². The topological polar surface area (TPSA) is 26.2 Å². The smallest absolute Gasteiger partial charge is 0.253 e. The van der Waals surface area contributed by atoms with Crippen molar-refractivity contribution in [2.45, 2.75) is 0 Å². The zero-order valence-corrected chi connectivity index (χ0v) is 28.5. The van der Waals surface area contributed by atoms with Crippen LogP contribution in [0.5, 0.6) is 0 Å². The van der Waals surface area contributed by atoms with Crippen molar-refractivity contribution in [3.8, 4) is 11.4 Å². The Hall–Kier alpha value is -6.98. The van der Waals surface area contributed by atoms with E-state index in [4.69, 9.17) is 4.42 Å². The number of fused-ring (bicyclic) bond motifs is 14. The second-order valence-corrected chi connectivity index (χ2v) is 14.4. The fourth-order valence-electron chi connectivity index (χ4n) is 9.89. The Morgan fingerprint density at radius 3 is 1.68 bits per heavy atom. The highest BCUT2D eigenvalue weighted by molar-refractivity contribution is 7.02. The number of aromatic nitrogens is 2. The predicted molar refractivity (Wildman–Crippen MR) is 222 cm³/mol. The summed E-state index contributed by atoms with van der Waals surface area (Å²) in [6.45, 7) is -0.0134. The van der Waals surface area contributed by atoms with Gasteiger partial charge in [-0.15, -0.1) is 0 Å². The van der Waals surface area contributed by atoms with E-state index in [-0.39, 0.29) is 6.71 Å². The van der Waals surface area contributed by atoms with Crippen molar-refractivity contribution in [1.82, 2.24) is 9.13 Å². The van der Waals surface area contributed by atoms with E-state index in [0.717, 1.165) is 33.6 Å². The number of para-hydroxylation sites is 6. The average molecular weight is 674 g/mol. The molecule has 11 aromatic rings. The molecule has 8 aromatic carbocycles. The number of anilines is 3. The maximum atomic E-state index is 6.73. The van der Waals surface area contributed by atoms with Gasteiger partial charge in [-0.2, -0.15) is 0 Å². The molecular weight excluding hydrogens is 645 g/mol. The minimum Gasteiger partial charge on any atom is -0.456 e. The fourth-order valence-corrected chi connectivity index (χ4v) is 9.89. The van der Waals surface area contributed by atoms with Crippen molar-refractivity contribution >= 4 is 106 Å². The number of benzene rings is 8. The minimum atomic E-state index is -0.0134. The molecule has 2 aliphatic rings. The van der Waals surface area contributed by atoms with E-state index in [1.165, 1.54) is 76.8 Å². The van der Waals surface area contributed by atoms with Gasteiger partial charge in [0, 0.05) is 60.6 Å². The van der Waals surface area contributed by atoms with Crippen molar-refractivity contribution in [1.29, 1.82) is 0 Å². The molecule has 0 N–H and O–H groups in total. The van der Waals surface area contributed by atoms with Gasteiger partial charge >= 0.3 is 0 Å². The maximum absolute atomic E-state index is 6.73. The summed E-state index contributed by atoms with van der Waals surface area (Å²) in [5.41, 5.74) is 16.6. The standard InChI is InChI=1S/C48H28BN3O/c1-3-14-29(15-4-1)50(30-16-5-2-6-17-30)31-26-40-45-41(27-31)52-39-24-11-8-19-33(39)36-28-43-44(35-20-9-12-25-42(35)53-43)46(48(36)52)49(45)37-22-13-21-34-32-18-7-10-23-38(32)51(40)47(34)37/h1-28H.